The van der Waals surface area contributed by atoms with Crippen molar-refractivity contribution in [3.63, 3.8) is 0 Å². The molecule has 6 heteroatoms. The molecule has 2 heterocycles. The number of nitrogens with zero attached hydrogens (tertiary/aromatic N) is 2. The summed E-state index contributed by atoms with van der Waals surface area (Å²) in [4.78, 5) is 12.2. The van der Waals surface area contributed by atoms with Crippen LogP contribution in [0, 0.1) is 0 Å². The summed E-state index contributed by atoms with van der Waals surface area (Å²) < 4.78 is 1.94. The van der Waals surface area contributed by atoms with Crippen LogP contribution in [0.3, 0.4) is 0 Å². The topological polar surface area (TPSA) is 59.0 Å². The van der Waals surface area contributed by atoms with E-state index in [0.717, 1.165) is 37.3 Å². The van der Waals surface area contributed by atoms with E-state index in [2.05, 4.69) is 15.7 Å². The lowest BCUT2D eigenvalue weighted by atomic mass is 9.93. The third-order valence-corrected chi connectivity index (χ3v) is 5.27. The van der Waals surface area contributed by atoms with Crippen LogP contribution >= 0.6 is 11.8 Å². The Morgan fingerprint density at radius 3 is 3.35 bits per heavy atom. The van der Waals surface area contributed by atoms with Crippen LogP contribution in [0.4, 0.5) is 0 Å². The van der Waals surface area contributed by atoms with Crippen molar-refractivity contribution in [2.24, 2.45) is 7.05 Å². The van der Waals surface area contributed by atoms with Gasteiger partial charge in [-0.3, -0.25) is 9.48 Å². The predicted octanol–water partition coefficient (Wildman–Crippen LogP) is 1.01. The first-order chi connectivity index (χ1) is 9.74. The molecule has 2 unspecified atom stereocenters. The standard InChI is InChI=1S/C14H22N4OS/c1-18-13-4-2-3-12(11(13)8-16-18)17-14(19)7-10-9-20-6-5-15-10/h8,10,12,15H,2-7,9H2,1H3,(H,17,19). The lowest BCUT2D eigenvalue weighted by Crippen LogP contribution is -2.42. The molecule has 0 spiro atoms. The van der Waals surface area contributed by atoms with Crippen LogP contribution in [-0.4, -0.2) is 39.8 Å². The average Bonchev–Trinajstić information content (AvgIpc) is 2.83. The lowest BCUT2D eigenvalue weighted by molar-refractivity contribution is -0.122. The molecule has 1 aromatic heterocycles. The summed E-state index contributed by atoms with van der Waals surface area (Å²) in [6, 6.07) is 0.474. The van der Waals surface area contributed by atoms with Crippen molar-refractivity contribution >= 4 is 17.7 Å². The molecular formula is C14H22N4OS. The molecule has 1 aromatic rings. The fourth-order valence-electron chi connectivity index (χ4n) is 3.08. The molecule has 1 aliphatic heterocycles. The molecule has 20 heavy (non-hydrogen) atoms. The van der Waals surface area contributed by atoms with E-state index < -0.39 is 0 Å². The molecule has 1 fully saturated rings. The van der Waals surface area contributed by atoms with Crippen molar-refractivity contribution < 1.29 is 4.79 Å². The first-order valence-corrected chi connectivity index (χ1v) is 8.51. The second kappa shape index (κ2) is 6.18. The molecule has 0 saturated carbocycles. The molecule has 1 amide bonds. The Morgan fingerprint density at radius 1 is 1.65 bits per heavy atom. The smallest absolute Gasteiger partial charge is 0.222 e. The van der Waals surface area contributed by atoms with Crippen LogP contribution in [0.25, 0.3) is 0 Å². The second-order valence-electron chi connectivity index (χ2n) is 5.61. The Hall–Kier alpha value is -1.01. The molecule has 0 aromatic carbocycles. The summed E-state index contributed by atoms with van der Waals surface area (Å²) in [6.45, 7) is 1.01. The summed E-state index contributed by atoms with van der Waals surface area (Å²) in [5.41, 5.74) is 2.48. The maximum atomic E-state index is 12.2. The molecule has 2 N–H and O–H groups in total. The Bertz CT molecular complexity index is 482. The number of hydrogen-bond donors (Lipinski definition) is 2. The highest BCUT2D eigenvalue weighted by Crippen LogP contribution is 2.29. The van der Waals surface area contributed by atoms with Gasteiger partial charge in [0.05, 0.1) is 12.2 Å². The largest absolute Gasteiger partial charge is 0.349 e. The number of rotatable bonds is 3. The van der Waals surface area contributed by atoms with Crippen molar-refractivity contribution in [2.75, 3.05) is 18.1 Å². The van der Waals surface area contributed by atoms with E-state index in [1.165, 1.54) is 11.3 Å². The highest BCUT2D eigenvalue weighted by atomic mass is 32.2. The van der Waals surface area contributed by atoms with Gasteiger partial charge in [-0.05, 0) is 19.3 Å². The van der Waals surface area contributed by atoms with Gasteiger partial charge >= 0.3 is 0 Å². The van der Waals surface area contributed by atoms with Gasteiger partial charge in [0.25, 0.3) is 0 Å². The molecule has 0 bridgehead atoms. The maximum absolute atomic E-state index is 12.2. The fourth-order valence-corrected chi connectivity index (χ4v) is 4.03. The summed E-state index contributed by atoms with van der Waals surface area (Å²) >= 11 is 1.93. The molecule has 0 radical (unpaired) electrons. The maximum Gasteiger partial charge on any atom is 0.222 e. The number of aryl methyl sites for hydroxylation is 1. The van der Waals surface area contributed by atoms with E-state index in [1.54, 1.807) is 0 Å². The Kier molecular flexibility index (Phi) is 4.31. The van der Waals surface area contributed by atoms with E-state index in [-0.39, 0.29) is 11.9 Å². The van der Waals surface area contributed by atoms with Gasteiger partial charge in [-0.2, -0.15) is 16.9 Å². The van der Waals surface area contributed by atoms with Crippen molar-refractivity contribution in [2.45, 2.75) is 37.8 Å². The predicted molar refractivity (Wildman–Crippen MR) is 80.8 cm³/mol. The SMILES string of the molecule is Cn1ncc2c1CCCC2NC(=O)CC1CSCCN1. The molecule has 5 nitrogen and oxygen atoms in total. The number of nitrogens with one attached hydrogen (secondary N) is 2. The zero-order valence-electron chi connectivity index (χ0n) is 11.9. The van der Waals surface area contributed by atoms with Gasteiger partial charge in [0.15, 0.2) is 0 Å². The summed E-state index contributed by atoms with van der Waals surface area (Å²) in [7, 11) is 1.98. The number of hydrogen-bond acceptors (Lipinski definition) is 4. The minimum absolute atomic E-state index is 0.149. The lowest BCUT2D eigenvalue weighted by Gasteiger charge is -2.26. The van der Waals surface area contributed by atoms with Gasteiger partial charge in [0, 0.05) is 48.8 Å². The van der Waals surface area contributed by atoms with Crippen molar-refractivity contribution in [3.05, 3.63) is 17.5 Å². The number of carbonyl (C=O) groups excluding carboxylic acids is 1. The van der Waals surface area contributed by atoms with E-state index in [0.29, 0.717) is 12.5 Å². The molecule has 1 aliphatic carbocycles. The zero-order valence-corrected chi connectivity index (χ0v) is 12.7. The minimum atomic E-state index is 0.149. The fraction of sp³-hybridized carbons (Fsp3) is 0.714. The number of aromatic nitrogens is 2. The molecular weight excluding hydrogens is 272 g/mol. The normalized spacial score (nSPS) is 26.1. The van der Waals surface area contributed by atoms with Crippen LogP contribution in [-0.2, 0) is 18.3 Å². The molecule has 2 aliphatic rings. The molecule has 3 rings (SSSR count). The highest BCUT2D eigenvalue weighted by molar-refractivity contribution is 7.99. The van der Waals surface area contributed by atoms with Gasteiger partial charge in [-0.1, -0.05) is 0 Å². The second-order valence-corrected chi connectivity index (χ2v) is 6.76. The Balaban J connectivity index is 1.59. The number of thioether (sulfide) groups is 1. The van der Waals surface area contributed by atoms with Crippen LogP contribution in [0.2, 0.25) is 0 Å². The first-order valence-electron chi connectivity index (χ1n) is 7.35. The van der Waals surface area contributed by atoms with Crippen LogP contribution < -0.4 is 10.6 Å². The van der Waals surface area contributed by atoms with Gasteiger partial charge < -0.3 is 10.6 Å². The molecule has 1 saturated heterocycles. The monoisotopic (exact) mass is 294 g/mol. The van der Waals surface area contributed by atoms with Gasteiger partial charge in [0.2, 0.25) is 5.91 Å². The van der Waals surface area contributed by atoms with Gasteiger partial charge in [0.1, 0.15) is 0 Å². The van der Waals surface area contributed by atoms with Crippen molar-refractivity contribution in [3.8, 4) is 0 Å². The zero-order chi connectivity index (χ0) is 13.9. The number of fused-ring (bicyclic) bond motifs is 1. The van der Waals surface area contributed by atoms with Crippen LogP contribution in [0.1, 0.15) is 36.6 Å². The quantitative estimate of drug-likeness (QED) is 0.873. The number of amides is 1. The van der Waals surface area contributed by atoms with E-state index in [1.807, 2.05) is 29.7 Å². The highest BCUT2D eigenvalue weighted by Gasteiger charge is 2.25. The Labute approximate surface area is 123 Å². The number of carbonyl (C=O) groups is 1. The van der Waals surface area contributed by atoms with Crippen molar-refractivity contribution in [1.82, 2.24) is 20.4 Å². The van der Waals surface area contributed by atoms with Crippen LogP contribution in [0.15, 0.2) is 6.20 Å². The average molecular weight is 294 g/mol. The third kappa shape index (κ3) is 3.01. The van der Waals surface area contributed by atoms with Gasteiger partial charge in [-0.15, -0.1) is 0 Å². The molecule has 2 atom stereocenters. The summed E-state index contributed by atoms with van der Waals surface area (Å²) in [5.74, 6) is 2.35. The minimum Gasteiger partial charge on any atom is -0.349 e. The van der Waals surface area contributed by atoms with E-state index in [4.69, 9.17) is 0 Å². The first kappa shape index (κ1) is 13.9. The van der Waals surface area contributed by atoms with Crippen LogP contribution in [0.5, 0.6) is 0 Å². The third-order valence-electron chi connectivity index (χ3n) is 4.14. The summed E-state index contributed by atoms with van der Waals surface area (Å²) in [5, 5.41) is 10.9. The molecule has 110 valence electrons. The van der Waals surface area contributed by atoms with Crippen molar-refractivity contribution in [1.29, 1.82) is 0 Å². The van der Waals surface area contributed by atoms with E-state index in [9.17, 15) is 4.79 Å². The summed E-state index contributed by atoms with van der Waals surface area (Å²) in [6.07, 6.45) is 5.71. The van der Waals surface area contributed by atoms with E-state index >= 15 is 0 Å². The Morgan fingerprint density at radius 2 is 2.55 bits per heavy atom. The van der Waals surface area contributed by atoms with Gasteiger partial charge in [-0.25, -0.2) is 0 Å².